The van der Waals surface area contributed by atoms with Gasteiger partial charge in [-0.05, 0) is 25.0 Å². The summed E-state index contributed by atoms with van der Waals surface area (Å²) in [6, 6.07) is 3.28. The van der Waals surface area contributed by atoms with Gasteiger partial charge in [0.15, 0.2) is 11.2 Å². The summed E-state index contributed by atoms with van der Waals surface area (Å²) in [7, 11) is 0. The van der Waals surface area contributed by atoms with Gasteiger partial charge in [-0.25, -0.2) is 14.8 Å². The molecular formula is C22H29ClN6O3. The molecule has 0 radical (unpaired) electrons. The Labute approximate surface area is 190 Å². The number of nitrogens with one attached hydrogen (secondary N) is 2. The van der Waals surface area contributed by atoms with Crippen LogP contribution < -0.4 is 16.6 Å². The van der Waals surface area contributed by atoms with Crippen LogP contribution in [0.1, 0.15) is 58.2 Å². The lowest BCUT2D eigenvalue weighted by molar-refractivity contribution is -0.116. The molecule has 9 nitrogen and oxygen atoms in total. The zero-order valence-electron chi connectivity index (χ0n) is 18.5. The van der Waals surface area contributed by atoms with Crippen LogP contribution in [0, 0.1) is 0 Å². The van der Waals surface area contributed by atoms with Crippen molar-refractivity contribution in [1.82, 2.24) is 24.1 Å². The molecule has 10 heteroatoms. The van der Waals surface area contributed by atoms with E-state index >= 15 is 0 Å². The number of carbonyl (C=O) groups is 1. The monoisotopic (exact) mass is 460 g/mol. The van der Waals surface area contributed by atoms with Gasteiger partial charge in [0, 0.05) is 32.1 Å². The predicted octanol–water partition coefficient (Wildman–Crippen LogP) is 3.50. The van der Waals surface area contributed by atoms with Crippen LogP contribution >= 0.6 is 11.6 Å². The maximum Gasteiger partial charge on any atom is 0.330 e. The lowest BCUT2D eigenvalue weighted by Crippen LogP contribution is -2.31. The van der Waals surface area contributed by atoms with Crippen molar-refractivity contribution < 1.29 is 4.79 Å². The number of anilines is 1. The van der Waals surface area contributed by atoms with Crippen LogP contribution in [0.5, 0.6) is 0 Å². The number of carbonyl (C=O) groups excluding carboxylic acids is 1. The van der Waals surface area contributed by atoms with Crippen LogP contribution in [0.2, 0.25) is 5.02 Å². The third-order valence-electron chi connectivity index (χ3n) is 5.26. The quantitative estimate of drug-likeness (QED) is 0.425. The maximum absolute atomic E-state index is 12.7. The van der Waals surface area contributed by atoms with E-state index in [9.17, 15) is 14.4 Å². The van der Waals surface area contributed by atoms with E-state index in [4.69, 9.17) is 11.6 Å². The van der Waals surface area contributed by atoms with Crippen LogP contribution in [-0.2, 0) is 24.3 Å². The lowest BCUT2D eigenvalue weighted by atomic mass is 10.2. The fraction of sp³-hybridized carbons (Fsp3) is 0.500. The molecule has 0 aliphatic rings. The number of fused-ring (bicyclic) bond motifs is 1. The molecule has 3 heterocycles. The first-order chi connectivity index (χ1) is 15.4. The molecule has 0 saturated heterocycles. The summed E-state index contributed by atoms with van der Waals surface area (Å²) in [4.78, 5) is 48.7. The van der Waals surface area contributed by atoms with Gasteiger partial charge in [-0.15, -0.1) is 0 Å². The molecule has 0 fully saturated rings. The van der Waals surface area contributed by atoms with Crippen molar-refractivity contribution in [3.05, 3.63) is 50.0 Å². The van der Waals surface area contributed by atoms with Crippen LogP contribution in [0.3, 0.4) is 0 Å². The highest BCUT2D eigenvalue weighted by molar-refractivity contribution is 6.30. The molecule has 0 saturated carbocycles. The van der Waals surface area contributed by atoms with Crippen LogP contribution in [-0.4, -0.2) is 30.0 Å². The Morgan fingerprint density at radius 1 is 1.09 bits per heavy atom. The molecule has 2 N–H and O–H groups in total. The van der Waals surface area contributed by atoms with E-state index in [1.54, 1.807) is 12.1 Å². The molecular weight excluding hydrogens is 432 g/mol. The number of unbranched alkanes of at least 4 members (excludes halogenated alkanes) is 3. The molecule has 0 aliphatic heterocycles. The number of amides is 1. The van der Waals surface area contributed by atoms with Gasteiger partial charge in [-0.2, -0.15) is 0 Å². The molecule has 0 spiro atoms. The van der Waals surface area contributed by atoms with E-state index in [0.717, 1.165) is 32.1 Å². The number of aromatic nitrogens is 5. The van der Waals surface area contributed by atoms with Crippen LogP contribution in [0.25, 0.3) is 11.2 Å². The molecule has 1 amide bonds. The fourth-order valence-corrected chi connectivity index (χ4v) is 3.69. The predicted molar refractivity (Wildman–Crippen MR) is 125 cm³/mol. The minimum absolute atomic E-state index is 0.165. The minimum Gasteiger partial charge on any atom is -0.322 e. The average molecular weight is 461 g/mol. The normalized spacial score (nSPS) is 11.2. The number of aromatic amines is 1. The number of hydrogen-bond donors (Lipinski definition) is 2. The van der Waals surface area contributed by atoms with Gasteiger partial charge in [-0.3, -0.25) is 19.1 Å². The van der Waals surface area contributed by atoms with Gasteiger partial charge in [0.25, 0.3) is 5.56 Å². The summed E-state index contributed by atoms with van der Waals surface area (Å²) in [5.74, 6) is 0.821. The SMILES string of the molecule is CCCCCn1c(CCC(=O)Nc2ccc(Cl)cn2)nc2c1c(=O)[nH]c(=O)n2CCCC. The second kappa shape index (κ2) is 11.1. The fourth-order valence-electron chi connectivity index (χ4n) is 3.57. The first kappa shape index (κ1) is 23.7. The highest BCUT2D eigenvalue weighted by Gasteiger charge is 2.19. The van der Waals surface area contributed by atoms with Gasteiger partial charge in [-0.1, -0.05) is 44.7 Å². The number of pyridine rings is 1. The highest BCUT2D eigenvalue weighted by Crippen LogP contribution is 2.16. The number of aryl methyl sites for hydroxylation is 3. The van der Waals surface area contributed by atoms with Crippen molar-refractivity contribution in [2.75, 3.05) is 5.32 Å². The topological polar surface area (TPSA) is 115 Å². The Hall–Kier alpha value is -2.94. The second-order valence-corrected chi connectivity index (χ2v) is 8.17. The van der Waals surface area contributed by atoms with E-state index in [0.29, 0.717) is 47.3 Å². The number of nitrogens with zero attached hydrogens (tertiary/aromatic N) is 4. The van der Waals surface area contributed by atoms with Gasteiger partial charge in [0.05, 0.1) is 5.02 Å². The Morgan fingerprint density at radius 2 is 1.84 bits per heavy atom. The zero-order chi connectivity index (χ0) is 23.1. The molecule has 0 unspecified atom stereocenters. The first-order valence-electron chi connectivity index (χ1n) is 11.1. The smallest absolute Gasteiger partial charge is 0.322 e. The molecule has 3 rings (SSSR count). The third kappa shape index (κ3) is 5.64. The van der Waals surface area contributed by atoms with E-state index < -0.39 is 11.2 Å². The first-order valence-corrected chi connectivity index (χ1v) is 11.5. The van der Waals surface area contributed by atoms with Gasteiger partial charge < -0.3 is 9.88 Å². The maximum atomic E-state index is 12.7. The highest BCUT2D eigenvalue weighted by atomic mass is 35.5. The van der Waals surface area contributed by atoms with Crippen molar-refractivity contribution in [3.63, 3.8) is 0 Å². The zero-order valence-corrected chi connectivity index (χ0v) is 19.2. The van der Waals surface area contributed by atoms with Crippen LogP contribution in [0.4, 0.5) is 5.82 Å². The largest absolute Gasteiger partial charge is 0.330 e. The Balaban J connectivity index is 1.89. The number of rotatable bonds is 11. The van der Waals surface area contributed by atoms with Crippen LogP contribution in [0.15, 0.2) is 27.9 Å². The molecule has 0 aliphatic carbocycles. The molecule has 3 aromatic heterocycles. The number of hydrogen-bond acceptors (Lipinski definition) is 5. The van der Waals surface area contributed by atoms with Gasteiger partial charge in [0.1, 0.15) is 11.6 Å². The van der Waals surface area contributed by atoms with Crippen molar-refractivity contribution >= 4 is 34.5 Å². The van der Waals surface area contributed by atoms with E-state index in [1.165, 1.54) is 10.8 Å². The summed E-state index contributed by atoms with van der Waals surface area (Å²) < 4.78 is 3.39. The summed E-state index contributed by atoms with van der Waals surface area (Å²) in [6.45, 7) is 5.24. The summed E-state index contributed by atoms with van der Waals surface area (Å²) >= 11 is 5.83. The molecule has 32 heavy (non-hydrogen) atoms. The number of imidazole rings is 1. The standard InChI is InChI=1S/C22H29ClN6O3/c1-3-5-7-13-28-17(10-11-18(30)25-16-9-8-15(23)14-24-16)26-20-19(28)21(31)27-22(32)29(20)12-6-4-2/h8-9,14H,3-7,10-13H2,1-2H3,(H,24,25,30)(H,27,31,32). The molecule has 0 atom stereocenters. The van der Waals surface area contributed by atoms with Gasteiger partial charge >= 0.3 is 5.69 Å². The third-order valence-corrected chi connectivity index (χ3v) is 5.48. The van der Waals surface area contributed by atoms with E-state index in [-0.39, 0.29) is 12.3 Å². The summed E-state index contributed by atoms with van der Waals surface area (Å²) in [5, 5.41) is 3.22. The molecule has 172 valence electrons. The minimum atomic E-state index is -0.452. The Bertz CT molecular complexity index is 1180. The van der Waals surface area contributed by atoms with E-state index in [1.807, 2.05) is 11.5 Å². The van der Waals surface area contributed by atoms with Crippen molar-refractivity contribution in [3.8, 4) is 0 Å². The average Bonchev–Trinajstić information content (AvgIpc) is 3.13. The molecule has 0 aromatic carbocycles. The van der Waals surface area contributed by atoms with Crippen molar-refractivity contribution in [2.24, 2.45) is 0 Å². The van der Waals surface area contributed by atoms with Crippen molar-refractivity contribution in [2.45, 2.75) is 71.9 Å². The number of halogens is 1. The van der Waals surface area contributed by atoms with E-state index in [2.05, 4.69) is 27.2 Å². The Kier molecular flexibility index (Phi) is 8.21. The summed E-state index contributed by atoms with van der Waals surface area (Å²) in [6.07, 6.45) is 6.60. The molecule has 3 aromatic rings. The lowest BCUT2D eigenvalue weighted by Gasteiger charge is -2.09. The van der Waals surface area contributed by atoms with Crippen molar-refractivity contribution in [1.29, 1.82) is 0 Å². The Morgan fingerprint density at radius 3 is 2.53 bits per heavy atom. The van der Waals surface area contributed by atoms with Gasteiger partial charge in [0.2, 0.25) is 5.91 Å². The number of H-pyrrole nitrogens is 1. The molecule has 0 bridgehead atoms. The summed E-state index contributed by atoms with van der Waals surface area (Å²) in [5.41, 5.74) is -0.111. The second-order valence-electron chi connectivity index (χ2n) is 7.73.